The number of aliphatic hydroxyl groups is 1. The lowest BCUT2D eigenvalue weighted by atomic mass is 10.1. The van der Waals surface area contributed by atoms with E-state index in [-0.39, 0.29) is 22.5 Å². The number of rotatable bonds is 2. The van der Waals surface area contributed by atoms with Gasteiger partial charge < -0.3 is 10.8 Å². The third kappa shape index (κ3) is 2.28. The van der Waals surface area contributed by atoms with Gasteiger partial charge in [0.05, 0.1) is 12.6 Å². The van der Waals surface area contributed by atoms with Crippen LogP contribution >= 0.6 is 23.2 Å². The average Bonchev–Trinajstić information content (AvgIpc) is 2.10. The molecule has 1 aromatic rings. The molecule has 0 fully saturated rings. The number of hydrogen-bond acceptors (Lipinski definition) is 3. The monoisotopic (exact) mass is 224 g/mol. The number of aliphatic hydroxyl groups excluding tert-OH is 1. The van der Waals surface area contributed by atoms with Crippen LogP contribution in [0.5, 0.6) is 0 Å². The zero-order valence-electron chi connectivity index (χ0n) is 6.47. The molecule has 1 unspecified atom stereocenters. The van der Waals surface area contributed by atoms with Crippen molar-refractivity contribution in [3.05, 3.63) is 27.8 Å². The predicted octanol–water partition coefficient (Wildman–Crippen LogP) is 1.52. The minimum Gasteiger partial charge on any atom is -0.394 e. The van der Waals surface area contributed by atoms with Crippen LogP contribution in [0.2, 0.25) is 10.3 Å². The van der Waals surface area contributed by atoms with Crippen molar-refractivity contribution in [1.29, 1.82) is 0 Å². The number of aromatic nitrogens is 1. The standard InChI is InChI=1S/C7H7Cl2FN2O/c8-6-3(5(11)2-13)1-4(10)7(9)12-6/h1,5,13H,2,11H2. The van der Waals surface area contributed by atoms with E-state index < -0.39 is 11.9 Å². The van der Waals surface area contributed by atoms with E-state index in [2.05, 4.69) is 4.98 Å². The summed E-state index contributed by atoms with van der Waals surface area (Å²) < 4.78 is 12.9. The van der Waals surface area contributed by atoms with Crippen LogP contribution < -0.4 is 5.73 Å². The van der Waals surface area contributed by atoms with Crippen LogP contribution in [0.1, 0.15) is 11.6 Å². The Labute approximate surface area is 84.3 Å². The fraction of sp³-hybridized carbons (Fsp3) is 0.286. The Hall–Kier alpha value is -0.420. The molecule has 1 aromatic heterocycles. The van der Waals surface area contributed by atoms with E-state index in [4.69, 9.17) is 34.0 Å². The van der Waals surface area contributed by atoms with Gasteiger partial charge in [-0.25, -0.2) is 9.37 Å². The highest BCUT2D eigenvalue weighted by Gasteiger charge is 2.13. The molecule has 0 aliphatic rings. The van der Waals surface area contributed by atoms with E-state index in [0.29, 0.717) is 0 Å². The van der Waals surface area contributed by atoms with Crippen LogP contribution in [0, 0.1) is 5.82 Å². The molecule has 0 aliphatic heterocycles. The van der Waals surface area contributed by atoms with E-state index in [0.717, 1.165) is 6.07 Å². The third-order valence-electron chi connectivity index (χ3n) is 1.51. The van der Waals surface area contributed by atoms with Crippen molar-refractivity contribution >= 4 is 23.2 Å². The Morgan fingerprint density at radius 2 is 2.15 bits per heavy atom. The lowest BCUT2D eigenvalue weighted by Crippen LogP contribution is -2.15. The maximum Gasteiger partial charge on any atom is 0.166 e. The Kier molecular flexibility index (Phi) is 3.44. The first-order chi connectivity index (χ1) is 6.06. The molecule has 3 nitrogen and oxygen atoms in total. The lowest BCUT2D eigenvalue weighted by Gasteiger charge is -2.10. The zero-order chi connectivity index (χ0) is 10.0. The Morgan fingerprint density at radius 1 is 1.54 bits per heavy atom. The molecule has 0 radical (unpaired) electrons. The SMILES string of the molecule is NC(CO)c1cc(F)c(Cl)nc1Cl. The first-order valence-electron chi connectivity index (χ1n) is 3.44. The molecule has 3 N–H and O–H groups in total. The molecule has 13 heavy (non-hydrogen) atoms. The molecule has 72 valence electrons. The summed E-state index contributed by atoms with van der Waals surface area (Å²) in [5.41, 5.74) is 5.67. The molecule has 0 saturated carbocycles. The molecule has 0 amide bonds. The minimum atomic E-state index is -0.744. The number of nitrogens with zero attached hydrogens (tertiary/aromatic N) is 1. The first-order valence-corrected chi connectivity index (χ1v) is 4.19. The highest BCUT2D eigenvalue weighted by molar-refractivity contribution is 6.33. The molecular weight excluding hydrogens is 218 g/mol. The van der Waals surface area contributed by atoms with E-state index in [1.54, 1.807) is 0 Å². The fourth-order valence-corrected chi connectivity index (χ4v) is 1.28. The normalized spacial score (nSPS) is 13.0. The van der Waals surface area contributed by atoms with Crippen molar-refractivity contribution in [3.8, 4) is 0 Å². The van der Waals surface area contributed by atoms with Gasteiger partial charge in [-0.15, -0.1) is 0 Å². The van der Waals surface area contributed by atoms with Crippen LogP contribution in [-0.4, -0.2) is 16.7 Å². The van der Waals surface area contributed by atoms with Gasteiger partial charge in [0.1, 0.15) is 5.15 Å². The van der Waals surface area contributed by atoms with Crippen LogP contribution in [0.25, 0.3) is 0 Å². The summed E-state index contributed by atoms with van der Waals surface area (Å²) in [4.78, 5) is 3.51. The van der Waals surface area contributed by atoms with Gasteiger partial charge in [-0.3, -0.25) is 0 Å². The highest BCUT2D eigenvalue weighted by atomic mass is 35.5. The van der Waals surface area contributed by atoms with E-state index in [1.807, 2.05) is 0 Å². The third-order valence-corrected chi connectivity index (χ3v) is 2.08. The summed E-state index contributed by atoms with van der Waals surface area (Å²) in [7, 11) is 0. The van der Waals surface area contributed by atoms with Crippen molar-refractivity contribution in [2.75, 3.05) is 6.61 Å². The number of hydrogen-bond donors (Lipinski definition) is 2. The molecular formula is C7H7Cl2FN2O. The Morgan fingerprint density at radius 3 is 2.69 bits per heavy atom. The minimum absolute atomic E-state index is 0.00736. The molecule has 1 atom stereocenters. The smallest absolute Gasteiger partial charge is 0.166 e. The van der Waals surface area contributed by atoms with Gasteiger partial charge in [0.15, 0.2) is 11.0 Å². The van der Waals surface area contributed by atoms with Crippen molar-refractivity contribution in [1.82, 2.24) is 4.98 Å². The molecule has 6 heteroatoms. The molecule has 0 bridgehead atoms. The largest absolute Gasteiger partial charge is 0.394 e. The van der Waals surface area contributed by atoms with Gasteiger partial charge in [-0.1, -0.05) is 23.2 Å². The maximum atomic E-state index is 12.9. The van der Waals surface area contributed by atoms with Crippen LogP contribution in [0.15, 0.2) is 6.07 Å². The maximum absolute atomic E-state index is 12.9. The van der Waals surface area contributed by atoms with E-state index in [9.17, 15) is 4.39 Å². The molecule has 1 heterocycles. The quantitative estimate of drug-likeness (QED) is 0.750. The molecule has 0 saturated heterocycles. The second kappa shape index (κ2) is 4.19. The van der Waals surface area contributed by atoms with Crippen LogP contribution in [0.3, 0.4) is 0 Å². The fourth-order valence-electron chi connectivity index (χ4n) is 0.818. The van der Waals surface area contributed by atoms with Gasteiger partial charge in [0.25, 0.3) is 0 Å². The molecule has 0 spiro atoms. The highest BCUT2D eigenvalue weighted by Crippen LogP contribution is 2.23. The summed E-state index contributed by atoms with van der Waals surface area (Å²) >= 11 is 11.0. The number of pyridine rings is 1. The summed E-state index contributed by atoms with van der Waals surface area (Å²) in [6.07, 6.45) is 0. The molecule has 0 aliphatic carbocycles. The number of nitrogens with two attached hydrogens (primary N) is 1. The van der Waals surface area contributed by atoms with Crippen LogP contribution in [0.4, 0.5) is 4.39 Å². The predicted molar refractivity (Wildman–Crippen MR) is 48.2 cm³/mol. The summed E-state index contributed by atoms with van der Waals surface area (Å²) in [6.45, 7) is -0.331. The molecule has 0 aromatic carbocycles. The van der Waals surface area contributed by atoms with Gasteiger partial charge >= 0.3 is 0 Å². The Bertz CT molecular complexity index is 322. The van der Waals surface area contributed by atoms with Crippen molar-refractivity contribution in [2.24, 2.45) is 5.73 Å². The van der Waals surface area contributed by atoms with Gasteiger partial charge in [0.2, 0.25) is 0 Å². The van der Waals surface area contributed by atoms with Crippen molar-refractivity contribution < 1.29 is 9.50 Å². The Balaban J connectivity index is 3.15. The van der Waals surface area contributed by atoms with Crippen LogP contribution in [-0.2, 0) is 0 Å². The van der Waals surface area contributed by atoms with Crippen molar-refractivity contribution in [3.63, 3.8) is 0 Å². The number of halogens is 3. The topological polar surface area (TPSA) is 59.1 Å². The average molecular weight is 225 g/mol. The summed E-state index contributed by atoms with van der Waals surface area (Å²) in [5, 5.41) is 8.41. The van der Waals surface area contributed by atoms with Gasteiger partial charge in [-0.05, 0) is 6.07 Å². The summed E-state index contributed by atoms with van der Waals surface area (Å²) in [6, 6.07) is 0.324. The van der Waals surface area contributed by atoms with Crippen molar-refractivity contribution in [2.45, 2.75) is 6.04 Å². The first kappa shape index (κ1) is 10.7. The summed E-state index contributed by atoms with van der Waals surface area (Å²) in [5.74, 6) is -0.704. The van der Waals surface area contributed by atoms with E-state index in [1.165, 1.54) is 0 Å². The second-order valence-corrected chi connectivity index (χ2v) is 3.15. The van der Waals surface area contributed by atoms with Gasteiger partial charge in [-0.2, -0.15) is 0 Å². The molecule has 1 rings (SSSR count). The zero-order valence-corrected chi connectivity index (χ0v) is 7.98. The van der Waals surface area contributed by atoms with E-state index >= 15 is 0 Å². The van der Waals surface area contributed by atoms with Gasteiger partial charge in [0, 0.05) is 5.56 Å². The second-order valence-electron chi connectivity index (χ2n) is 2.43. The lowest BCUT2D eigenvalue weighted by molar-refractivity contribution is 0.267.